The zero-order valence-corrected chi connectivity index (χ0v) is 16.8. The predicted molar refractivity (Wildman–Crippen MR) is 108 cm³/mol. The highest BCUT2D eigenvalue weighted by molar-refractivity contribution is 5.92. The highest BCUT2D eigenvalue weighted by atomic mass is 19.4. The lowest BCUT2D eigenvalue weighted by Crippen LogP contribution is -2.10. The number of hydrogen-bond acceptors (Lipinski definition) is 5. The van der Waals surface area contributed by atoms with Crippen LogP contribution in [-0.4, -0.2) is 28.0 Å². The summed E-state index contributed by atoms with van der Waals surface area (Å²) in [5.74, 6) is -0.0907. The Morgan fingerprint density at radius 3 is 2.39 bits per heavy atom. The van der Waals surface area contributed by atoms with Crippen LogP contribution in [-0.2, 0) is 19.0 Å². The van der Waals surface area contributed by atoms with E-state index < -0.39 is 17.8 Å². The van der Waals surface area contributed by atoms with E-state index in [2.05, 4.69) is 15.0 Å². The first-order valence-corrected chi connectivity index (χ1v) is 9.59. The molecule has 3 heterocycles. The van der Waals surface area contributed by atoms with Gasteiger partial charge >= 0.3 is 6.18 Å². The summed E-state index contributed by atoms with van der Waals surface area (Å²) in [5, 5.41) is 0. The van der Waals surface area contributed by atoms with Crippen molar-refractivity contribution in [3.8, 4) is 17.1 Å². The highest BCUT2D eigenvalue weighted by Crippen LogP contribution is 2.31. The number of carbonyl (C=O) groups excluding carboxylic acids is 1. The largest absolute Gasteiger partial charge is 0.481 e. The van der Waals surface area contributed by atoms with Crippen LogP contribution in [0.5, 0.6) is 5.88 Å². The summed E-state index contributed by atoms with van der Waals surface area (Å²) < 4.78 is 42.8. The van der Waals surface area contributed by atoms with Crippen molar-refractivity contribution in [3.05, 3.63) is 71.3 Å². The molecule has 0 radical (unpaired) electrons. The zero-order chi connectivity index (χ0) is 22.4. The first-order chi connectivity index (χ1) is 14.8. The Labute approximate surface area is 177 Å². The van der Waals surface area contributed by atoms with Crippen LogP contribution >= 0.6 is 0 Å². The Balaban J connectivity index is 0.000000210. The number of aromatic nitrogens is 3. The number of methoxy groups -OCH3 is 1. The van der Waals surface area contributed by atoms with Crippen LogP contribution in [0.3, 0.4) is 0 Å². The van der Waals surface area contributed by atoms with Gasteiger partial charge in [-0.2, -0.15) is 13.2 Å². The number of carbonyl (C=O) groups is 1. The minimum absolute atomic E-state index is 0.390. The fourth-order valence-corrected chi connectivity index (χ4v) is 3.19. The molecule has 0 saturated heterocycles. The smallest absolute Gasteiger partial charge is 0.433 e. The van der Waals surface area contributed by atoms with E-state index >= 15 is 0 Å². The van der Waals surface area contributed by atoms with Crippen molar-refractivity contribution in [1.29, 1.82) is 0 Å². The van der Waals surface area contributed by atoms with Crippen LogP contribution in [0.25, 0.3) is 11.3 Å². The van der Waals surface area contributed by atoms with Crippen LogP contribution in [0, 0.1) is 0 Å². The van der Waals surface area contributed by atoms with Gasteiger partial charge in [-0.15, -0.1) is 0 Å². The van der Waals surface area contributed by atoms with Gasteiger partial charge in [0, 0.05) is 35.8 Å². The number of fused-ring (bicyclic) bond motifs is 1. The molecule has 3 aromatic heterocycles. The van der Waals surface area contributed by atoms with Gasteiger partial charge in [-0.3, -0.25) is 14.8 Å². The molecule has 3 aromatic rings. The molecule has 0 unspecified atom stereocenters. The van der Waals surface area contributed by atoms with Gasteiger partial charge in [0.05, 0.1) is 12.8 Å². The molecule has 2 N–H and O–H groups in total. The minimum atomic E-state index is -4.43. The van der Waals surface area contributed by atoms with E-state index in [1.807, 2.05) is 6.07 Å². The summed E-state index contributed by atoms with van der Waals surface area (Å²) in [5.41, 5.74) is 7.99. The zero-order valence-electron chi connectivity index (χ0n) is 16.8. The molecule has 0 atom stereocenters. The van der Waals surface area contributed by atoms with Crippen LogP contribution in [0.1, 0.15) is 40.0 Å². The fourth-order valence-electron chi connectivity index (χ4n) is 3.19. The molecule has 4 rings (SSSR count). The number of ether oxygens (including phenoxy) is 1. The lowest BCUT2D eigenvalue weighted by molar-refractivity contribution is -0.141. The number of hydrogen-bond donors (Lipinski definition) is 1. The number of amides is 1. The number of primary amides is 1. The number of pyridine rings is 3. The normalized spacial score (nSPS) is 12.9. The van der Waals surface area contributed by atoms with Gasteiger partial charge in [-0.1, -0.05) is 0 Å². The number of rotatable bonds is 3. The monoisotopic (exact) mass is 430 g/mol. The van der Waals surface area contributed by atoms with Crippen molar-refractivity contribution in [1.82, 2.24) is 15.0 Å². The molecule has 0 aromatic carbocycles. The molecule has 0 aliphatic heterocycles. The summed E-state index contributed by atoms with van der Waals surface area (Å²) in [6.07, 6.45) is 4.27. The van der Waals surface area contributed by atoms with E-state index in [9.17, 15) is 18.0 Å². The Bertz CT molecular complexity index is 1070. The quantitative estimate of drug-likeness (QED) is 0.672. The van der Waals surface area contributed by atoms with Gasteiger partial charge in [0.1, 0.15) is 5.69 Å². The van der Waals surface area contributed by atoms with Gasteiger partial charge in [-0.05, 0) is 61.1 Å². The number of alkyl halides is 3. The molecule has 1 aliphatic rings. The predicted octanol–water partition coefficient (Wildman–Crippen LogP) is 4.23. The third-order valence-corrected chi connectivity index (χ3v) is 4.80. The van der Waals surface area contributed by atoms with Crippen LogP contribution in [0.4, 0.5) is 13.2 Å². The summed E-state index contributed by atoms with van der Waals surface area (Å²) in [4.78, 5) is 22.1. The maximum absolute atomic E-state index is 12.7. The maximum atomic E-state index is 12.7. The van der Waals surface area contributed by atoms with Crippen molar-refractivity contribution < 1.29 is 22.7 Å². The molecule has 6 nitrogen and oxygen atoms in total. The molecule has 9 heteroatoms. The number of nitrogens with zero attached hydrogens (tertiary/aromatic N) is 3. The Hall–Kier alpha value is -3.49. The third-order valence-electron chi connectivity index (χ3n) is 4.80. The van der Waals surface area contributed by atoms with Gasteiger partial charge in [0.15, 0.2) is 0 Å². The van der Waals surface area contributed by atoms with Gasteiger partial charge < -0.3 is 10.5 Å². The average Bonchev–Trinajstić information content (AvgIpc) is 2.78. The van der Waals surface area contributed by atoms with Crippen molar-refractivity contribution in [2.24, 2.45) is 5.73 Å². The van der Waals surface area contributed by atoms with Gasteiger partial charge in [-0.25, -0.2) is 4.98 Å². The van der Waals surface area contributed by atoms with Gasteiger partial charge in [0.2, 0.25) is 11.8 Å². The van der Waals surface area contributed by atoms with E-state index in [4.69, 9.17) is 10.5 Å². The lowest BCUT2D eigenvalue weighted by atomic mass is 9.92. The summed E-state index contributed by atoms with van der Waals surface area (Å²) in [6.45, 7) is 0. The summed E-state index contributed by atoms with van der Waals surface area (Å²) in [6, 6.07) is 7.54. The lowest BCUT2D eigenvalue weighted by Gasteiger charge is -2.16. The SMILES string of the molecule is COc1cc(C(N)=O)ccn1.FC(F)(F)c1cc(-c2cc3c(cn2)CCCC3)ccn1. The van der Waals surface area contributed by atoms with E-state index in [0.29, 0.717) is 22.7 Å². The van der Waals surface area contributed by atoms with E-state index in [0.717, 1.165) is 31.7 Å². The second-order valence-corrected chi connectivity index (χ2v) is 6.92. The number of halogens is 3. The Morgan fingerprint density at radius 2 is 1.71 bits per heavy atom. The Morgan fingerprint density at radius 1 is 1.00 bits per heavy atom. The fraction of sp³-hybridized carbons (Fsp3) is 0.273. The third kappa shape index (κ3) is 5.78. The van der Waals surface area contributed by atoms with Crippen molar-refractivity contribution in [2.45, 2.75) is 31.9 Å². The minimum Gasteiger partial charge on any atom is -0.481 e. The molecular weight excluding hydrogens is 409 g/mol. The number of aryl methyl sites for hydroxylation is 2. The van der Waals surface area contributed by atoms with Crippen molar-refractivity contribution in [2.75, 3.05) is 7.11 Å². The average molecular weight is 430 g/mol. The molecule has 162 valence electrons. The van der Waals surface area contributed by atoms with E-state index in [1.54, 1.807) is 12.3 Å². The first-order valence-electron chi connectivity index (χ1n) is 9.59. The van der Waals surface area contributed by atoms with Crippen LogP contribution in [0.15, 0.2) is 48.9 Å². The Kier molecular flexibility index (Phi) is 6.84. The molecule has 1 amide bonds. The topological polar surface area (TPSA) is 91.0 Å². The molecular formula is C22H21F3N4O2. The van der Waals surface area contributed by atoms with E-state index in [1.165, 1.54) is 42.8 Å². The standard InChI is InChI=1S/C15H13F3N2.C7H8N2O2/c16-15(17,18)14-8-11(5-6-19-14)13-7-10-3-1-2-4-12(10)9-20-13;1-11-6-4-5(7(8)10)2-3-9-6/h5-9H,1-4H2;2-4H,1H3,(H2,8,10). The summed E-state index contributed by atoms with van der Waals surface area (Å²) in [7, 11) is 1.48. The van der Waals surface area contributed by atoms with Crippen molar-refractivity contribution >= 4 is 5.91 Å². The van der Waals surface area contributed by atoms with Gasteiger partial charge in [0.25, 0.3) is 0 Å². The molecule has 0 bridgehead atoms. The first kappa shape index (κ1) is 22.2. The van der Waals surface area contributed by atoms with Crippen LogP contribution < -0.4 is 10.5 Å². The number of nitrogens with two attached hydrogens (primary N) is 1. The van der Waals surface area contributed by atoms with E-state index in [-0.39, 0.29) is 0 Å². The van der Waals surface area contributed by atoms with Crippen LogP contribution in [0.2, 0.25) is 0 Å². The van der Waals surface area contributed by atoms with Crippen molar-refractivity contribution in [3.63, 3.8) is 0 Å². The summed E-state index contributed by atoms with van der Waals surface area (Å²) >= 11 is 0. The molecule has 0 saturated carbocycles. The molecule has 0 spiro atoms. The second kappa shape index (κ2) is 9.55. The highest BCUT2D eigenvalue weighted by Gasteiger charge is 2.32. The molecule has 31 heavy (non-hydrogen) atoms. The molecule has 1 aliphatic carbocycles. The second-order valence-electron chi connectivity index (χ2n) is 6.92. The maximum Gasteiger partial charge on any atom is 0.433 e. The molecule has 0 fully saturated rings.